The Morgan fingerprint density at radius 2 is 1.76 bits per heavy atom. The second kappa shape index (κ2) is 6.77. The number of hydrogen-bond acceptors (Lipinski definition) is 2. The van der Waals surface area contributed by atoms with E-state index in [1.54, 1.807) is 11.1 Å². The van der Waals surface area contributed by atoms with Crippen molar-refractivity contribution >= 4 is 0 Å². The first-order chi connectivity index (χ1) is 8.40. The number of rotatable bonds is 6. The summed E-state index contributed by atoms with van der Waals surface area (Å²) in [4.78, 5) is 0. The van der Waals surface area contributed by atoms with Crippen LogP contribution in [0.5, 0.6) is 0 Å². The Hall–Kier alpha value is -0.860. The zero-order valence-corrected chi connectivity index (χ0v) is 10.9. The summed E-state index contributed by atoms with van der Waals surface area (Å²) >= 11 is 0. The van der Waals surface area contributed by atoms with Gasteiger partial charge in [0.25, 0.3) is 0 Å². The van der Waals surface area contributed by atoms with Crippen molar-refractivity contribution in [1.29, 1.82) is 0 Å². The molecular weight excluding hydrogens is 208 g/mol. The van der Waals surface area contributed by atoms with Gasteiger partial charge >= 0.3 is 0 Å². The molecule has 0 atom stereocenters. The summed E-state index contributed by atoms with van der Waals surface area (Å²) in [5.41, 5.74) is 4.59. The standard InChI is InChI=1S/C15H24N2/c1-2-16-9-10-17-12-13-7-8-14-5-3-4-6-15(14)11-13/h7-8,11,16-17H,2-6,9-10,12H2,1H3. The molecule has 0 aromatic heterocycles. The Labute approximate surface area is 105 Å². The van der Waals surface area contributed by atoms with E-state index < -0.39 is 0 Å². The van der Waals surface area contributed by atoms with Gasteiger partial charge in [0.15, 0.2) is 0 Å². The molecule has 2 nitrogen and oxygen atoms in total. The van der Waals surface area contributed by atoms with Crippen LogP contribution in [0.2, 0.25) is 0 Å². The van der Waals surface area contributed by atoms with Crippen LogP contribution in [0.1, 0.15) is 36.5 Å². The maximum atomic E-state index is 3.48. The van der Waals surface area contributed by atoms with Crippen molar-refractivity contribution in [2.75, 3.05) is 19.6 Å². The van der Waals surface area contributed by atoms with Gasteiger partial charge in [0.05, 0.1) is 0 Å². The number of nitrogens with one attached hydrogen (secondary N) is 2. The first-order valence-electron chi connectivity index (χ1n) is 6.92. The Kier molecular flexibility index (Phi) is 5.02. The van der Waals surface area contributed by atoms with Crippen LogP contribution in [-0.2, 0) is 19.4 Å². The van der Waals surface area contributed by atoms with E-state index in [-0.39, 0.29) is 0 Å². The van der Waals surface area contributed by atoms with Gasteiger partial charge < -0.3 is 10.6 Å². The van der Waals surface area contributed by atoms with Gasteiger partial charge in [0, 0.05) is 19.6 Å². The second-order valence-corrected chi connectivity index (χ2v) is 4.84. The molecule has 1 aromatic rings. The van der Waals surface area contributed by atoms with Crippen molar-refractivity contribution < 1.29 is 0 Å². The van der Waals surface area contributed by atoms with Crippen molar-refractivity contribution in [2.45, 2.75) is 39.2 Å². The van der Waals surface area contributed by atoms with Crippen LogP contribution in [0, 0.1) is 0 Å². The minimum absolute atomic E-state index is 0.999. The molecule has 2 heteroatoms. The molecule has 0 heterocycles. The zero-order valence-electron chi connectivity index (χ0n) is 10.9. The van der Waals surface area contributed by atoms with Gasteiger partial charge in [-0.05, 0) is 48.9 Å². The molecular formula is C15H24N2. The molecule has 2 rings (SSSR count). The third-order valence-corrected chi connectivity index (χ3v) is 3.47. The fourth-order valence-corrected chi connectivity index (χ4v) is 2.48. The van der Waals surface area contributed by atoms with Crippen LogP contribution < -0.4 is 10.6 Å². The van der Waals surface area contributed by atoms with Crippen LogP contribution >= 0.6 is 0 Å². The van der Waals surface area contributed by atoms with E-state index in [4.69, 9.17) is 0 Å². The minimum atomic E-state index is 0.999. The molecule has 0 aliphatic heterocycles. The SMILES string of the molecule is CCNCCNCc1ccc2c(c1)CCCC2. The number of likely N-dealkylation sites (N-methyl/N-ethyl adjacent to an activating group) is 1. The van der Waals surface area contributed by atoms with Crippen molar-refractivity contribution in [3.8, 4) is 0 Å². The van der Waals surface area contributed by atoms with Crippen molar-refractivity contribution in [2.24, 2.45) is 0 Å². The van der Waals surface area contributed by atoms with Gasteiger partial charge in [-0.3, -0.25) is 0 Å². The molecule has 1 aromatic carbocycles. The van der Waals surface area contributed by atoms with E-state index in [0.717, 1.165) is 26.2 Å². The lowest BCUT2D eigenvalue weighted by Gasteiger charge is -2.16. The fraction of sp³-hybridized carbons (Fsp3) is 0.600. The molecule has 0 unspecified atom stereocenters. The molecule has 94 valence electrons. The molecule has 0 saturated heterocycles. The molecule has 17 heavy (non-hydrogen) atoms. The van der Waals surface area contributed by atoms with Crippen LogP contribution in [-0.4, -0.2) is 19.6 Å². The second-order valence-electron chi connectivity index (χ2n) is 4.84. The average molecular weight is 232 g/mol. The van der Waals surface area contributed by atoms with Crippen molar-refractivity contribution in [3.63, 3.8) is 0 Å². The van der Waals surface area contributed by atoms with Crippen LogP contribution in [0.4, 0.5) is 0 Å². The van der Waals surface area contributed by atoms with E-state index in [9.17, 15) is 0 Å². The normalized spacial score (nSPS) is 14.6. The summed E-state index contributed by atoms with van der Waals surface area (Å²) in [7, 11) is 0. The Balaban J connectivity index is 1.81. The predicted molar refractivity (Wildman–Crippen MR) is 73.3 cm³/mol. The lowest BCUT2D eigenvalue weighted by molar-refractivity contribution is 0.623. The van der Waals surface area contributed by atoms with Crippen LogP contribution in [0.25, 0.3) is 0 Å². The first kappa shape index (κ1) is 12.6. The summed E-state index contributed by atoms with van der Waals surface area (Å²) < 4.78 is 0. The molecule has 0 radical (unpaired) electrons. The van der Waals surface area contributed by atoms with Crippen LogP contribution in [0.15, 0.2) is 18.2 Å². The summed E-state index contributed by atoms with van der Waals surface area (Å²) in [5, 5.41) is 6.80. The molecule has 0 fully saturated rings. The van der Waals surface area contributed by atoms with E-state index in [0.29, 0.717) is 0 Å². The third kappa shape index (κ3) is 3.83. The van der Waals surface area contributed by atoms with Crippen molar-refractivity contribution in [3.05, 3.63) is 34.9 Å². The largest absolute Gasteiger partial charge is 0.316 e. The topological polar surface area (TPSA) is 24.1 Å². The summed E-state index contributed by atoms with van der Waals surface area (Å²) in [6.45, 7) is 6.30. The lowest BCUT2D eigenvalue weighted by Crippen LogP contribution is -2.26. The first-order valence-corrected chi connectivity index (χ1v) is 6.92. The number of fused-ring (bicyclic) bond motifs is 1. The highest BCUT2D eigenvalue weighted by Gasteiger charge is 2.08. The van der Waals surface area contributed by atoms with Gasteiger partial charge in [0.2, 0.25) is 0 Å². The number of aryl methyl sites for hydroxylation is 2. The van der Waals surface area contributed by atoms with Gasteiger partial charge in [0.1, 0.15) is 0 Å². The Morgan fingerprint density at radius 3 is 2.59 bits per heavy atom. The molecule has 0 amide bonds. The summed E-state index contributed by atoms with van der Waals surface area (Å²) in [6.07, 6.45) is 5.29. The quantitative estimate of drug-likeness (QED) is 0.735. The van der Waals surface area contributed by atoms with E-state index >= 15 is 0 Å². The van der Waals surface area contributed by atoms with E-state index in [1.807, 2.05) is 0 Å². The highest BCUT2D eigenvalue weighted by atomic mass is 14.9. The molecule has 0 bridgehead atoms. The van der Waals surface area contributed by atoms with E-state index in [1.165, 1.54) is 31.2 Å². The molecule has 0 saturated carbocycles. The third-order valence-electron chi connectivity index (χ3n) is 3.47. The zero-order chi connectivity index (χ0) is 11.9. The smallest absolute Gasteiger partial charge is 0.0206 e. The Morgan fingerprint density at radius 1 is 1.00 bits per heavy atom. The summed E-state index contributed by atoms with van der Waals surface area (Å²) in [6, 6.07) is 7.01. The van der Waals surface area contributed by atoms with Gasteiger partial charge in [-0.1, -0.05) is 25.1 Å². The van der Waals surface area contributed by atoms with Gasteiger partial charge in [-0.15, -0.1) is 0 Å². The Bertz CT molecular complexity index is 347. The molecule has 1 aliphatic carbocycles. The summed E-state index contributed by atoms with van der Waals surface area (Å²) in [5.74, 6) is 0. The lowest BCUT2D eigenvalue weighted by atomic mass is 9.90. The highest BCUT2D eigenvalue weighted by molar-refractivity contribution is 5.33. The maximum absolute atomic E-state index is 3.48. The minimum Gasteiger partial charge on any atom is -0.316 e. The number of hydrogen-bond donors (Lipinski definition) is 2. The molecule has 2 N–H and O–H groups in total. The monoisotopic (exact) mass is 232 g/mol. The highest BCUT2D eigenvalue weighted by Crippen LogP contribution is 2.22. The fourth-order valence-electron chi connectivity index (χ4n) is 2.48. The van der Waals surface area contributed by atoms with E-state index in [2.05, 4.69) is 35.8 Å². The maximum Gasteiger partial charge on any atom is 0.0206 e. The number of benzene rings is 1. The van der Waals surface area contributed by atoms with Crippen LogP contribution in [0.3, 0.4) is 0 Å². The van der Waals surface area contributed by atoms with Gasteiger partial charge in [-0.2, -0.15) is 0 Å². The predicted octanol–water partition coefficient (Wildman–Crippen LogP) is 2.26. The molecule has 0 spiro atoms. The van der Waals surface area contributed by atoms with Crippen molar-refractivity contribution in [1.82, 2.24) is 10.6 Å². The van der Waals surface area contributed by atoms with Gasteiger partial charge in [-0.25, -0.2) is 0 Å². The average Bonchev–Trinajstić information content (AvgIpc) is 2.38. The molecule has 1 aliphatic rings.